The molecule has 0 radical (unpaired) electrons. The number of sulfonamides is 1. The molecule has 0 saturated heterocycles. The van der Waals surface area contributed by atoms with Crippen LogP contribution in [0.2, 0.25) is 0 Å². The predicted molar refractivity (Wildman–Crippen MR) is 99.2 cm³/mol. The van der Waals surface area contributed by atoms with Gasteiger partial charge in [0, 0.05) is 22.7 Å². The number of rotatable bonds is 6. The summed E-state index contributed by atoms with van der Waals surface area (Å²) in [4.78, 5) is 13.2. The molecular formula is C18H16N2O3S2. The van der Waals surface area contributed by atoms with Gasteiger partial charge in [-0.15, -0.1) is 11.3 Å². The maximum atomic E-state index is 12.3. The highest BCUT2D eigenvalue weighted by atomic mass is 32.2. The van der Waals surface area contributed by atoms with Crippen molar-refractivity contribution in [1.29, 1.82) is 0 Å². The van der Waals surface area contributed by atoms with Crippen LogP contribution < -0.4 is 10.0 Å². The van der Waals surface area contributed by atoms with Crippen LogP contribution in [0.15, 0.2) is 77.0 Å². The number of para-hydroxylation sites is 1. The summed E-state index contributed by atoms with van der Waals surface area (Å²) in [5, 5.41) is 4.65. The molecule has 1 aromatic heterocycles. The first-order valence-corrected chi connectivity index (χ1v) is 9.89. The van der Waals surface area contributed by atoms with E-state index in [0.717, 1.165) is 4.88 Å². The summed E-state index contributed by atoms with van der Waals surface area (Å²) in [6.45, 7) is 0.246. The highest BCUT2D eigenvalue weighted by Gasteiger charge is 2.15. The van der Waals surface area contributed by atoms with Gasteiger partial charge in [0.15, 0.2) is 0 Å². The van der Waals surface area contributed by atoms with Crippen LogP contribution in [0.1, 0.15) is 15.2 Å². The number of carbonyl (C=O) groups is 1. The Morgan fingerprint density at radius 3 is 2.28 bits per heavy atom. The number of thiophene rings is 1. The van der Waals surface area contributed by atoms with Gasteiger partial charge in [0.05, 0.1) is 4.90 Å². The highest BCUT2D eigenvalue weighted by Crippen LogP contribution is 2.14. The average molecular weight is 372 g/mol. The minimum absolute atomic E-state index is 0.125. The Bertz CT molecular complexity index is 936. The summed E-state index contributed by atoms with van der Waals surface area (Å²) >= 11 is 1.49. The van der Waals surface area contributed by atoms with Crippen LogP contribution >= 0.6 is 11.3 Å². The third kappa shape index (κ3) is 4.54. The SMILES string of the molecule is O=C(Nc1ccccc1)c1ccc(S(=O)(=O)NCc2cccs2)cc1. The molecule has 5 nitrogen and oxygen atoms in total. The molecule has 0 atom stereocenters. The van der Waals surface area contributed by atoms with E-state index in [2.05, 4.69) is 10.0 Å². The van der Waals surface area contributed by atoms with E-state index >= 15 is 0 Å². The van der Waals surface area contributed by atoms with Crippen molar-refractivity contribution < 1.29 is 13.2 Å². The summed E-state index contributed by atoms with van der Waals surface area (Å²) in [6, 6.07) is 18.7. The maximum Gasteiger partial charge on any atom is 0.255 e. The number of carbonyl (C=O) groups excluding carboxylic acids is 1. The summed E-state index contributed by atoms with van der Waals surface area (Å²) in [6.07, 6.45) is 0. The van der Waals surface area contributed by atoms with Gasteiger partial charge in [-0.1, -0.05) is 24.3 Å². The normalized spacial score (nSPS) is 11.2. The molecule has 1 amide bonds. The van der Waals surface area contributed by atoms with Gasteiger partial charge in [-0.05, 0) is 47.8 Å². The molecular weight excluding hydrogens is 356 g/mol. The van der Waals surface area contributed by atoms with Gasteiger partial charge in [0.1, 0.15) is 0 Å². The Kier molecular flexibility index (Phi) is 5.28. The fraction of sp³-hybridized carbons (Fsp3) is 0.0556. The van der Waals surface area contributed by atoms with Crippen LogP contribution in [0.4, 0.5) is 5.69 Å². The van der Waals surface area contributed by atoms with Crippen molar-refractivity contribution in [3.8, 4) is 0 Å². The second-order valence-electron chi connectivity index (χ2n) is 5.25. The average Bonchev–Trinajstić information content (AvgIpc) is 3.15. The summed E-state index contributed by atoms with van der Waals surface area (Å²) < 4.78 is 27.1. The Labute approximate surface area is 150 Å². The van der Waals surface area contributed by atoms with Crippen molar-refractivity contribution in [2.45, 2.75) is 11.4 Å². The van der Waals surface area contributed by atoms with E-state index in [0.29, 0.717) is 11.3 Å². The molecule has 0 bridgehead atoms. The molecule has 0 aliphatic heterocycles. The standard InChI is InChI=1S/C18H16N2O3S2/c21-18(20-15-5-2-1-3-6-15)14-8-10-17(11-9-14)25(22,23)19-13-16-7-4-12-24-16/h1-12,19H,13H2,(H,20,21). The largest absolute Gasteiger partial charge is 0.322 e. The Morgan fingerprint density at radius 2 is 1.64 bits per heavy atom. The molecule has 7 heteroatoms. The van der Waals surface area contributed by atoms with E-state index in [4.69, 9.17) is 0 Å². The summed E-state index contributed by atoms with van der Waals surface area (Å²) in [5.41, 5.74) is 1.07. The van der Waals surface area contributed by atoms with E-state index in [1.165, 1.54) is 35.6 Å². The van der Waals surface area contributed by atoms with Crippen molar-refractivity contribution in [1.82, 2.24) is 4.72 Å². The zero-order valence-electron chi connectivity index (χ0n) is 13.2. The van der Waals surface area contributed by atoms with Crippen LogP contribution in [0.25, 0.3) is 0 Å². The smallest absolute Gasteiger partial charge is 0.255 e. The number of hydrogen-bond donors (Lipinski definition) is 2. The topological polar surface area (TPSA) is 75.3 Å². The molecule has 25 heavy (non-hydrogen) atoms. The van der Waals surface area contributed by atoms with Crippen molar-refractivity contribution in [2.24, 2.45) is 0 Å². The molecule has 0 fully saturated rings. The Balaban J connectivity index is 1.67. The number of amides is 1. The van der Waals surface area contributed by atoms with Gasteiger partial charge in [-0.25, -0.2) is 13.1 Å². The lowest BCUT2D eigenvalue weighted by atomic mass is 10.2. The number of benzene rings is 2. The van der Waals surface area contributed by atoms with Gasteiger partial charge in [-0.3, -0.25) is 4.79 Å². The first kappa shape index (κ1) is 17.3. The first-order chi connectivity index (χ1) is 12.0. The lowest BCUT2D eigenvalue weighted by Crippen LogP contribution is -2.23. The zero-order valence-corrected chi connectivity index (χ0v) is 14.8. The van der Waals surface area contributed by atoms with E-state index in [9.17, 15) is 13.2 Å². The van der Waals surface area contributed by atoms with Crippen molar-refractivity contribution in [3.05, 3.63) is 82.6 Å². The fourth-order valence-corrected chi connectivity index (χ4v) is 3.92. The monoisotopic (exact) mass is 372 g/mol. The molecule has 0 aliphatic carbocycles. The lowest BCUT2D eigenvalue weighted by Gasteiger charge is -2.08. The van der Waals surface area contributed by atoms with Gasteiger partial charge < -0.3 is 5.32 Å². The molecule has 3 aromatic rings. The van der Waals surface area contributed by atoms with Crippen molar-refractivity contribution in [3.63, 3.8) is 0 Å². The molecule has 0 saturated carbocycles. The van der Waals surface area contributed by atoms with Crippen LogP contribution in [0.3, 0.4) is 0 Å². The molecule has 0 spiro atoms. The number of hydrogen-bond acceptors (Lipinski definition) is 4. The van der Waals surface area contributed by atoms with Gasteiger partial charge in [0.25, 0.3) is 5.91 Å². The van der Waals surface area contributed by atoms with Gasteiger partial charge in [0.2, 0.25) is 10.0 Å². The third-order valence-electron chi connectivity index (χ3n) is 3.47. The molecule has 2 N–H and O–H groups in total. The van der Waals surface area contributed by atoms with E-state index < -0.39 is 10.0 Å². The van der Waals surface area contributed by atoms with Crippen molar-refractivity contribution >= 4 is 33.0 Å². The predicted octanol–water partition coefficient (Wildman–Crippen LogP) is 3.48. The van der Waals surface area contributed by atoms with Gasteiger partial charge in [-0.2, -0.15) is 0 Å². The Morgan fingerprint density at radius 1 is 0.920 bits per heavy atom. The Hall–Kier alpha value is -2.48. The summed E-state index contributed by atoms with van der Waals surface area (Å²) in [7, 11) is -3.61. The van der Waals surface area contributed by atoms with Gasteiger partial charge >= 0.3 is 0 Å². The van der Waals surface area contributed by atoms with E-state index in [1.54, 1.807) is 12.1 Å². The first-order valence-electron chi connectivity index (χ1n) is 7.53. The molecule has 1 heterocycles. The summed E-state index contributed by atoms with van der Waals surface area (Å²) in [5.74, 6) is -0.290. The van der Waals surface area contributed by atoms with Crippen LogP contribution in [-0.4, -0.2) is 14.3 Å². The van der Waals surface area contributed by atoms with Crippen molar-refractivity contribution in [2.75, 3.05) is 5.32 Å². The molecule has 0 aliphatic rings. The number of anilines is 1. The minimum atomic E-state index is -3.61. The second kappa shape index (κ2) is 7.60. The quantitative estimate of drug-likeness (QED) is 0.696. The van der Waals surface area contributed by atoms with E-state index in [1.807, 2.05) is 35.7 Å². The second-order valence-corrected chi connectivity index (χ2v) is 8.05. The zero-order chi connectivity index (χ0) is 17.7. The molecule has 3 rings (SSSR count). The highest BCUT2D eigenvalue weighted by molar-refractivity contribution is 7.89. The fourth-order valence-electron chi connectivity index (χ4n) is 2.17. The third-order valence-corrected chi connectivity index (χ3v) is 5.77. The van der Waals surface area contributed by atoms with E-state index in [-0.39, 0.29) is 17.3 Å². The number of nitrogens with one attached hydrogen (secondary N) is 2. The maximum absolute atomic E-state index is 12.3. The molecule has 0 unspecified atom stereocenters. The van der Waals surface area contributed by atoms with Crippen LogP contribution in [-0.2, 0) is 16.6 Å². The molecule has 2 aromatic carbocycles. The van der Waals surface area contributed by atoms with Crippen LogP contribution in [0, 0.1) is 0 Å². The van der Waals surface area contributed by atoms with Crippen LogP contribution in [0.5, 0.6) is 0 Å². The minimum Gasteiger partial charge on any atom is -0.322 e. The lowest BCUT2D eigenvalue weighted by molar-refractivity contribution is 0.102. The molecule has 128 valence electrons.